The van der Waals surface area contributed by atoms with Crippen LogP contribution in [-0.4, -0.2) is 29.4 Å². The number of carbonyl (C=O) groups is 1. The number of anilines is 1. The summed E-state index contributed by atoms with van der Waals surface area (Å²) in [6, 6.07) is 13.2. The van der Waals surface area contributed by atoms with Crippen LogP contribution in [0.5, 0.6) is 0 Å². The third-order valence-electron chi connectivity index (χ3n) is 3.62. The number of pyridine rings is 1. The summed E-state index contributed by atoms with van der Waals surface area (Å²) >= 11 is 6.03. The molecule has 1 amide bonds. The zero-order valence-electron chi connectivity index (χ0n) is 12.8. The second-order valence-corrected chi connectivity index (χ2v) is 5.60. The van der Waals surface area contributed by atoms with Gasteiger partial charge in [0.1, 0.15) is 0 Å². The quantitative estimate of drug-likeness (QED) is 0.882. The monoisotopic (exact) mass is 317 g/mol. The van der Waals surface area contributed by atoms with Gasteiger partial charge >= 0.3 is 0 Å². The van der Waals surface area contributed by atoms with Crippen molar-refractivity contribution < 1.29 is 4.79 Å². The maximum atomic E-state index is 12.0. The molecule has 0 bridgehead atoms. The van der Waals surface area contributed by atoms with Gasteiger partial charge in [0.15, 0.2) is 0 Å². The fourth-order valence-corrected chi connectivity index (χ4v) is 2.28. The minimum Gasteiger partial charge on any atom is -0.325 e. The van der Waals surface area contributed by atoms with E-state index >= 15 is 0 Å². The standard InChI is InChI=1S/C17H20ClN3O/c1-13(15-8-5-6-11-19-15)21(2)12-10-17(22)20-16-9-4-3-7-14(16)18/h3-9,11,13H,10,12H2,1-2H3,(H,20,22)/t13-/m1/s1. The number of rotatable bonds is 6. The minimum atomic E-state index is -0.0480. The largest absolute Gasteiger partial charge is 0.325 e. The molecule has 0 aliphatic heterocycles. The van der Waals surface area contributed by atoms with Crippen molar-refractivity contribution in [3.8, 4) is 0 Å². The van der Waals surface area contributed by atoms with Gasteiger partial charge in [0.25, 0.3) is 0 Å². The fourth-order valence-electron chi connectivity index (χ4n) is 2.10. The van der Waals surface area contributed by atoms with E-state index in [1.165, 1.54) is 0 Å². The third kappa shape index (κ3) is 4.55. The van der Waals surface area contributed by atoms with Crippen LogP contribution in [0.1, 0.15) is 25.1 Å². The summed E-state index contributed by atoms with van der Waals surface area (Å²) in [5.41, 5.74) is 1.64. The fraction of sp³-hybridized carbons (Fsp3) is 0.294. The summed E-state index contributed by atoms with van der Waals surface area (Å²) in [6.07, 6.45) is 2.18. The Bertz CT molecular complexity index is 618. The predicted molar refractivity (Wildman–Crippen MR) is 90.0 cm³/mol. The first-order chi connectivity index (χ1) is 10.6. The maximum Gasteiger partial charge on any atom is 0.225 e. The first-order valence-corrected chi connectivity index (χ1v) is 7.61. The van der Waals surface area contributed by atoms with Crippen molar-refractivity contribution in [1.82, 2.24) is 9.88 Å². The third-order valence-corrected chi connectivity index (χ3v) is 3.95. The van der Waals surface area contributed by atoms with E-state index < -0.39 is 0 Å². The predicted octanol–water partition coefficient (Wildman–Crippen LogP) is 3.76. The van der Waals surface area contributed by atoms with Crippen molar-refractivity contribution in [3.63, 3.8) is 0 Å². The van der Waals surface area contributed by atoms with E-state index in [1.54, 1.807) is 18.3 Å². The first-order valence-electron chi connectivity index (χ1n) is 7.23. The Morgan fingerprint density at radius 2 is 2.00 bits per heavy atom. The van der Waals surface area contributed by atoms with Crippen LogP contribution in [0, 0.1) is 0 Å². The molecule has 1 atom stereocenters. The molecule has 0 radical (unpaired) electrons. The number of amides is 1. The highest BCUT2D eigenvalue weighted by Gasteiger charge is 2.14. The maximum absolute atomic E-state index is 12.0. The van der Waals surface area contributed by atoms with Crippen LogP contribution >= 0.6 is 11.6 Å². The smallest absolute Gasteiger partial charge is 0.225 e. The molecule has 2 aromatic rings. The molecule has 0 fully saturated rings. The molecule has 5 heteroatoms. The van der Waals surface area contributed by atoms with Gasteiger partial charge in [-0.1, -0.05) is 29.8 Å². The van der Waals surface area contributed by atoms with Crippen molar-refractivity contribution >= 4 is 23.2 Å². The molecular weight excluding hydrogens is 298 g/mol. The normalized spacial score (nSPS) is 12.2. The molecule has 0 unspecified atom stereocenters. The van der Waals surface area contributed by atoms with Gasteiger partial charge in [0.2, 0.25) is 5.91 Å². The molecule has 0 spiro atoms. The molecule has 0 saturated heterocycles. The van der Waals surface area contributed by atoms with Crippen molar-refractivity contribution in [1.29, 1.82) is 0 Å². The highest BCUT2D eigenvalue weighted by molar-refractivity contribution is 6.33. The lowest BCUT2D eigenvalue weighted by Crippen LogP contribution is -2.27. The van der Waals surface area contributed by atoms with E-state index in [0.717, 1.165) is 5.69 Å². The average molecular weight is 318 g/mol. The summed E-state index contributed by atoms with van der Waals surface area (Å²) in [6.45, 7) is 2.72. The number of hydrogen-bond acceptors (Lipinski definition) is 3. The Hall–Kier alpha value is -1.91. The molecule has 0 saturated carbocycles. The molecule has 0 aliphatic rings. The van der Waals surface area contributed by atoms with Gasteiger partial charge in [-0.3, -0.25) is 14.7 Å². The van der Waals surface area contributed by atoms with Crippen LogP contribution in [0.3, 0.4) is 0 Å². The molecule has 116 valence electrons. The van der Waals surface area contributed by atoms with Gasteiger partial charge in [-0.15, -0.1) is 0 Å². The summed E-state index contributed by atoms with van der Waals surface area (Å²) in [5.74, 6) is -0.0480. The van der Waals surface area contributed by atoms with E-state index in [-0.39, 0.29) is 11.9 Å². The van der Waals surface area contributed by atoms with Gasteiger partial charge < -0.3 is 5.32 Å². The Morgan fingerprint density at radius 1 is 1.27 bits per heavy atom. The number of nitrogens with one attached hydrogen (secondary N) is 1. The van der Waals surface area contributed by atoms with E-state index in [0.29, 0.717) is 23.7 Å². The highest BCUT2D eigenvalue weighted by Crippen LogP contribution is 2.21. The van der Waals surface area contributed by atoms with Crippen LogP contribution < -0.4 is 5.32 Å². The van der Waals surface area contributed by atoms with E-state index in [2.05, 4.69) is 22.1 Å². The van der Waals surface area contributed by atoms with E-state index in [1.807, 2.05) is 37.4 Å². The van der Waals surface area contributed by atoms with Crippen molar-refractivity contribution in [3.05, 3.63) is 59.4 Å². The van der Waals surface area contributed by atoms with Gasteiger partial charge in [0.05, 0.1) is 16.4 Å². The first kappa shape index (κ1) is 16.5. The SMILES string of the molecule is C[C@H](c1ccccn1)N(C)CCC(=O)Nc1ccccc1Cl. The molecule has 1 aromatic heterocycles. The number of benzene rings is 1. The number of carbonyl (C=O) groups excluding carboxylic acids is 1. The zero-order valence-corrected chi connectivity index (χ0v) is 13.5. The molecule has 1 heterocycles. The van der Waals surface area contributed by atoms with Gasteiger partial charge in [0, 0.05) is 25.2 Å². The average Bonchev–Trinajstić information content (AvgIpc) is 2.55. The molecule has 1 N–H and O–H groups in total. The molecule has 22 heavy (non-hydrogen) atoms. The lowest BCUT2D eigenvalue weighted by Gasteiger charge is -2.23. The van der Waals surface area contributed by atoms with Gasteiger partial charge in [-0.2, -0.15) is 0 Å². The van der Waals surface area contributed by atoms with Crippen LogP contribution in [0.4, 0.5) is 5.69 Å². The summed E-state index contributed by atoms with van der Waals surface area (Å²) in [5, 5.41) is 3.38. The van der Waals surface area contributed by atoms with Gasteiger partial charge in [-0.05, 0) is 38.2 Å². The molecule has 0 aliphatic carbocycles. The topological polar surface area (TPSA) is 45.2 Å². The Balaban J connectivity index is 1.84. The lowest BCUT2D eigenvalue weighted by atomic mass is 10.2. The number of nitrogens with zero attached hydrogens (tertiary/aromatic N) is 2. The highest BCUT2D eigenvalue weighted by atomic mass is 35.5. The van der Waals surface area contributed by atoms with Crippen molar-refractivity contribution in [2.75, 3.05) is 18.9 Å². The van der Waals surface area contributed by atoms with Crippen LogP contribution in [0.25, 0.3) is 0 Å². The van der Waals surface area contributed by atoms with E-state index in [4.69, 9.17) is 11.6 Å². The molecule has 2 rings (SSSR count). The van der Waals surface area contributed by atoms with Crippen molar-refractivity contribution in [2.45, 2.75) is 19.4 Å². The molecule has 4 nitrogen and oxygen atoms in total. The number of para-hydroxylation sites is 1. The minimum absolute atomic E-state index is 0.0480. The summed E-state index contributed by atoms with van der Waals surface area (Å²) in [4.78, 5) is 18.5. The van der Waals surface area contributed by atoms with Gasteiger partial charge in [-0.25, -0.2) is 0 Å². The number of hydrogen-bond donors (Lipinski definition) is 1. The van der Waals surface area contributed by atoms with Crippen molar-refractivity contribution in [2.24, 2.45) is 0 Å². The lowest BCUT2D eigenvalue weighted by molar-refractivity contribution is -0.116. The number of aromatic nitrogens is 1. The summed E-state index contributed by atoms with van der Waals surface area (Å²) < 4.78 is 0. The van der Waals surface area contributed by atoms with Crippen LogP contribution in [-0.2, 0) is 4.79 Å². The van der Waals surface area contributed by atoms with Crippen LogP contribution in [0.15, 0.2) is 48.7 Å². The Kier molecular flexibility index (Phi) is 5.92. The summed E-state index contributed by atoms with van der Waals surface area (Å²) in [7, 11) is 1.99. The Morgan fingerprint density at radius 3 is 2.68 bits per heavy atom. The van der Waals surface area contributed by atoms with E-state index in [9.17, 15) is 4.79 Å². The molecular formula is C17H20ClN3O. The molecule has 1 aromatic carbocycles. The zero-order chi connectivity index (χ0) is 15.9. The second kappa shape index (κ2) is 7.92. The Labute approximate surface area is 136 Å². The van der Waals surface area contributed by atoms with Crippen LogP contribution in [0.2, 0.25) is 5.02 Å². The number of halogens is 1. The second-order valence-electron chi connectivity index (χ2n) is 5.19.